The fourth-order valence-corrected chi connectivity index (χ4v) is 3.27. The van der Waals surface area contributed by atoms with Crippen molar-refractivity contribution in [2.24, 2.45) is 0 Å². The van der Waals surface area contributed by atoms with Crippen LogP contribution in [0.3, 0.4) is 0 Å². The number of hydrogen-bond acceptors (Lipinski definition) is 5. The van der Waals surface area contributed by atoms with Gasteiger partial charge in [0.25, 0.3) is 0 Å². The van der Waals surface area contributed by atoms with Gasteiger partial charge in [0.15, 0.2) is 0 Å². The van der Waals surface area contributed by atoms with Gasteiger partial charge in [0, 0.05) is 0 Å². The third kappa shape index (κ3) is 3.71. The number of hydrogen-bond donors (Lipinski definition) is 2. The Morgan fingerprint density at radius 2 is 1.86 bits per heavy atom. The Morgan fingerprint density at radius 3 is 2.41 bits per heavy atom. The quantitative estimate of drug-likeness (QED) is 0.636. The Balaban J connectivity index is 2.00. The van der Waals surface area contributed by atoms with Crippen LogP contribution in [0.4, 0.5) is 0 Å². The van der Waals surface area contributed by atoms with Crippen LogP contribution < -0.4 is 9.46 Å². The largest absolute Gasteiger partial charge is 0.426 e. The van der Waals surface area contributed by atoms with Gasteiger partial charge in [-0.2, -0.15) is 9.82 Å². The Labute approximate surface area is 128 Å². The second-order valence-corrected chi connectivity index (χ2v) is 6.58. The molecule has 0 atom stereocenters. The maximum absolute atomic E-state index is 12.2. The minimum atomic E-state index is -3.82. The lowest BCUT2D eigenvalue weighted by Crippen LogP contribution is -2.32. The van der Waals surface area contributed by atoms with Gasteiger partial charge in [-0.05, 0) is 32.9 Å². The molecule has 0 aliphatic rings. The number of aromatic amines is 1. The van der Waals surface area contributed by atoms with Crippen molar-refractivity contribution in [2.75, 3.05) is 6.54 Å². The van der Waals surface area contributed by atoms with Crippen molar-refractivity contribution < 1.29 is 17.9 Å². The molecule has 2 aromatic rings. The molecule has 0 unspecified atom stereocenters. The van der Waals surface area contributed by atoms with Gasteiger partial charge in [-0.1, -0.05) is 17.7 Å². The number of aromatic nitrogens is 2. The average Bonchev–Trinajstić information content (AvgIpc) is 2.79. The van der Waals surface area contributed by atoms with E-state index in [0.29, 0.717) is 17.1 Å². The molecule has 2 rings (SSSR count). The van der Waals surface area contributed by atoms with E-state index < -0.39 is 22.5 Å². The summed E-state index contributed by atoms with van der Waals surface area (Å²) in [4.78, 5) is 11.8. The molecule has 0 radical (unpaired) electrons. The zero-order valence-corrected chi connectivity index (χ0v) is 13.3. The number of H-pyrrole nitrogens is 1. The van der Waals surface area contributed by atoms with Crippen LogP contribution in [0.15, 0.2) is 29.2 Å². The molecule has 0 aliphatic heterocycles. The van der Waals surface area contributed by atoms with Crippen molar-refractivity contribution in [3.05, 3.63) is 41.2 Å². The average molecular weight is 323 g/mol. The van der Waals surface area contributed by atoms with Crippen molar-refractivity contribution in [1.29, 1.82) is 0 Å². The lowest BCUT2D eigenvalue weighted by atomic mass is 10.2. The first-order valence-corrected chi connectivity index (χ1v) is 8.06. The molecule has 1 aromatic carbocycles. The van der Waals surface area contributed by atoms with Gasteiger partial charge in [-0.25, -0.2) is 8.42 Å². The highest BCUT2D eigenvalue weighted by atomic mass is 32.2. The summed E-state index contributed by atoms with van der Waals surface area (Å²) in [5.74, 6) is -0.323. The highest BCUT2D eigenvalue weighted by Crippen LogP contribution is 2.16. The third-order valence-corrected chi connectivity index (χ3v) is 4.65. The van der Waals surface area contributed by atoms with Crippen LogP contribution in [0.1, 0.15) is 17.0 Å². The maximum Gasteiger partial charge on any atom is 0.326 e. The molecule has 8 heteroatoms. The maximum atomic E-state index is 12.2. The molecule has 0 saturated carbocycles. The van der Waals surface area contributed by atoms with Crippen LogP contribution in [0.2, 0.25) is 0 Å². The summed E-state index contributed by atoms with van der Waals surface area (Å²) in [5.41, 5.74) is 1.79. The second-order valence-electron chi connectivity index (χ2n) is 4.87. The van der Waals surface area contributed by atoms with E-state index in [-0.39, 0.29) is 4.90 Å². The van der Waals surface area contributed by atoms with Crippen LogP contribution in [0.25, 0.3) is 0 Å². The normalized spacial score (nSPS) is 11.4. The van der Waals surface area contributed by atoms with Crippen molar-refractivity contribution >= 4 is 16.0 Å². The minimum absolute atomic E-state index is 0.0515. The van der Waals surface area contributed by atoms with Crippen LogP contribution in [-0.4, -0.2) is 31.1 Å². The number of carbonyl (C=O) groups is 1. The minimum Gasteiger partial charge on any atom is -0.426 e. The number of nitrogens with one attached hydrogen (secondary N) is 2. The van der Waals surface area contributed by atoms with Gasteiger partial charge >= 0.3 is 5.97 Å². The number of rotatable bonds is 5. The molecule has 1 heterocycles. The third-order valence-electron chi connectivity index (χ3n) is 2.99. The monoisotopic (exact) mass is 323 g/mol. The summed E-state index contributed by atoms with van der Waals surface area (Å²) >= 11 is 0. The van der Waals surface area contributed by atoms with E-state index in [1.165, 1.54) is 0 Å². The van der Waals surface area contributed by atoms with E-state index in [2.05, 4.69) is 14.9 Å². The topological polar surface area (TPSA) is 101 Å². The number of esters is 1. The van der Waals surface area contributed by atoms with Gasteiger partial charge < -0.3 is 4.74 Å². The first-order chi connectivity index (χ1) is 10.3. The standard InChI is InChI=1S/C14H17N3O4S/c1-9-4-6-12(7-5-9)21-13(18)8-15-22(19,20)14-10(2)16-17-11(14)3/h4-7,15H,8H2,1-3H3,(H,16,17). The van der Waals surface area contributed by atoms with Crippen molar-refractivity contribution in [2.45, 2.75) is 25.7 Å². The van der Waals surface area contributed by atoms with Crippen molar-refractivity contribution in [1.82, 2.24) is 14.9 Å². The fraction of sp³-hybridized carbons (Fsp3) is 0.286. The number of aryl methyl sites for hydroxylation is 3. The lowest BCUT2D eigenvalue weighted by molar-refractivity contribution is -0.133. The Morgan fingerprint density at radius 1 is 1.23 bits per heavy atom. The summed E-state index contributed by atoms with van der Waals surface area (Å²) in [6, 6.07) is 6.88. The molecule has 0 fully saturated rings. The Bertz CT molecular complexity index is 759. The number of sulfonamides is 1. The van der Waals surface area contributed by atoms with Crippen LogP contribution >= 0.6 is 0 Å². The predicted molar refractivity (Wildman–Crippen MR) is 80.1 cm³/mol. The summed E-state index contributed by atoms with van der Waals surface area (Å²) in [6.07, 6.45) is 0. The summed E-state index contributed by atoms with van der Waals surface area (Å²) in [5, 5.41) is 6.42. The molecule has 0 aliphatic carbocycles. The molecule has 1 aromatic heterocycles. The smallest absolute Gasteiger partial charge is 0.326 e. The summed E-state index contributed by atoms with van der Waals surface area (Å²) in [7, 11) is -3.82. The zero-order chi connectivity index (χ0) is 16.3. The molecule has 118 valence electrons. The van der Waals surface area contributed by atoms with Gasteiger partial charge in [-0.3, -0.25) is 9.89 Å². The number of ether oxygens (including phenoxy) is 1. The zero-order valence-electron chi connectivity index (χ0n) is 12.5. The van der Waals surface area contributed by atoms with E-state index in [1.807, 2.05) is 6.92 Å². The first-order valence-electron chi connectivity index (χ1n) is 6.58. The van der Waals surface area contributed by atoms with Gasteiger partial charge in [0.2, 0.25) is 10.0 Å². The van der Waals surface area contributed by atoms with Gasteiger partial charge in [-0.15, -0.1) is 0 Å². The number of nitrogens with zero attached hydrogens (tertiary/aromatic N) is 1. The highest BCUT2D eigenvalue weighted by molar-refractivity contribution is 7.89. The molecule has 7 nitrogen and oxygen atoms in total. The van der Waals surface area contributed by atoms with Gasteiger partial charge in [0.1, 0.15) is 17.2 Å². The van der Waals surface area contributed by atoms with Crippen LogP contribution in [-0.2, 0) is 14.8 Å². The van der Waals surface area contributed by atoms with Crippen molar-refractivity contribution in [3.63, 3.8) is 0 Å². The van der Waals surface area contributed by atoms with E-state index in [1.54, 1.807) is 38.1 Å². The SMILES string of the molecule is Cc1ccc(OC(=O)CNS(=O)(=O)c2c(C)n[nH]c2C)cc1. The predicted octanol–water partition coefficient (Wildman–Crippen LogP) is 1.22. The molecular formula is C14H17N3O4S. The number of benzene rings is 1. The van der Waals surface area contributed by atoms with E-state index >= 15 is 0 Å². The first kappa shape index (κ1) is 16.2. The molecular weight excluding hydrogens is 306 g/mol. The van der Waals surface area contributed by atoms with Crippen LogP contribution in [0, 0.1) is 20.8 Å². The summed E-state index contributed by atoms with van der Waals surface area (Å²) in [6.45, 7) is 4.62. The Hall–Kier alpha value is -2.19. The molecule has 0 spiro atoms. The molecule has 0 bridgehead atoms. The molecule has 22 heavy (non-hydrogen) atoms. The molecule has 0 saturated heterocycles. The van der Waals surface area contributed by atoms with Crippen LogP contribution in [0.5, 0.6) is 5.75 Å². The van der Waals surface area contributed by atoms with E-state index in [4.69, 9.17) is 4.74 Å². The number of carbonyl (C=O) groups excluding carboxylic acids is 1. The Kier molecular flexibility index (Phi) is 4.62. The highest BCUT2D eigenvalue weighted by Gasteiger charge is 2.23. The molecule has 0 amide bonds. The van der Waals surface area contributed by atoms with E-state index in [0.717, 1.165) is 5.56 Å². The van der Waals surface area contributed by atoms with E-state index in [9.17, 15) is 13.2 Å². The fourth-order valence-electron chi connectivity index (χ4n) is 1.94. The van der Waals surface area contributed by atoms with Gasteiger partial charge in [0.05, 0.1) is 11.4 Å². The lowest BCUT2D eigenvalue weighted by Gasteiger charge is -2.07. The van der Waals surface area contributed by atoms with Crippen molar-refractivity contribution in [3.8, 4) is 5.75 Å². The molecule has 2 N–H and O–H groups in total. The summed E-state index contributed by atoms with van der Waals surface area (Å²) < 4.78 is 31.6. The second kappa shape index (κ2) is 6.29.